The van der Waals surface area contributed by atoms with Crippen LogP contribution in [0.25, 0.3) is 0 Å². The molecule has 19 heavy (non-hydrogen) atoms. The van der Waals surface area contributed by atoms with Crippen molar-refractivity contribution < 1.29 is 4.79 Å². The predicted octanol–water partition coefficient (Wildman–Crippen LogP) is 1.61. The highest BCUT2D eigenvalue weighted by molar-refractivity contribution is 5.86. The maximum absolute atomic E-state index is 12.6. The van der Waals surface area contributed by atoms with Crippen molar-refractivity contribution in [2.75, 3.05) is 27.2 Å². The van der Waals surface area contributed by atoms with Crippen LogP contribution in [0, 0.1) is 5.92 Å². The summed E-state index contributed by atoms with van der Waals surface area (Å²) < 4.78 is 0. The topological polar surface area (TPSA) is 44.4 Å². The van der Waals surface area contributed by atoms with Crippen molar-refractivity contribution in [1.82, 2.24) is 15.5 Å². The van der Waals surface area contributed by atoms with Gasteiger partial charge in [-0.1, -0.05) is 20.8 Å². The van der Waals surface area contributed by atoms with Crippen molar-refractivity contribution >= 4 is 5.91 Å². The molecule has 1 fully saturated rings. The number of nitrogens with one attached hydrogen (secondary N) is 2. The number of amides is 1. The van der Waals surface area contributed by atoms with Gasteiger partial charge in [-0.25, -0.2) is 0 Å². The molecular weight excluding hydrogens is 238 g/mol. The van der Waals surface area contributed by atoms with Gasteiger partial charge in [0, 0.05) is 12.6 Å². The zero-order valence-electron chi connectivity index (χ0n) is 13.3. The van der Waals surface area contributed by atoms with Crippen LogP contribution >= 0.6 is 0 Å². The average Bonchev–Trinajstić information content (AvgIpc) is 2.76. The third-order valence-electron chi connectivity index (χ3n) is 3.96. The number of hydrogen-bond donors (Lipinski definition) is 2. The van der Waals surface area contributed by atoms with Crippen molar-refractivity contribution in [3.05, 3.63) is 0 Å². The lowest BCUT2D eigenvalue weighted by atomic mass is 9.92. The van der Waals surface area contributed by atoms with E-state index in [1.807, 2.05) is 0 Å². The van der Waals surface area contributed by atoms with Crippen molar-refractivity contribution in [3.8, 4) is 0 Å². The first-order valence-corrected chi connectivity index (χ1v) is 7.60. The highest BCUT2D eigenvalue weighted by Crippen LogP contribution is 2.23. The van der Waals surface area contributed by atoms with E-state index in [2.05, 4.69) is 50.4 Å². The molecule has 0 bridgehead atoms. The lowest BCUT2D eigenvalue weighted by Gasteiger charge is -2.31. The standard InChI is InChI=1S/C15H31N3O/c1-6-15(8-7-9-16-15)14(19)17-13(10-12(2)3)11-18(4)5/h12-13,16H,6-11H2,1-5H3,(H,17,19). The molecule has 0 radical (unpaired) electrons. The average molecular weight is 269 g/mol. The van der Waals surface area contributed by atoms with Gasteiger partial charge in [0.05, 0.1) is 5.54 Å². The fourth-order valence-corrected chi connectivity index (χ4v) is 2.97. The van der Waals surface area contributed by atoms with Gasteiger partial charge in [-0.05, 0) is 52.2 Å². The largest absolute Gasteiger partial charge is 0.350 e. The molecule has 4 nitrogen and oxygen atoms in total. The van der Waals surface area contributed by atoms with Crippen LogP contribution in [0.4, 0.5) is 0 Å². The maximum atomic E-state index is 12.6. The first-order chi connectivity index (χ1) is 8.89. The Kier molecular flexibility index (Phi) is 6.27. The third-order valence-corrected chi connectivity index (χ3v) is 3.96. The summed E-state index contributed by atoms with van der Waals surface area (Å²) in [6.07, 6.45) is 3.97. The highest BCUT2D eigenvalue weighted by Gasteiger charge is 2.39. The fraction of sp³-hybridized carbons (Fsp3) is 0.933. The molecule has 1 aliphatic rings. The zero-order valence-corrected chi connectivity index (χ0v) is 13.3. The van der Waals surface area contributed by atoms with Crippen LogP contribution in [-0.4, -0.2) is 49.6 Å². The van der Waals surface area contributed by atoms with E-state index in [0.29, 0.717) is 5.92 Å². The smallest absolute Gasteiger partial charge is 0.240 e. The molecule has 2 N–H and O–H groups in total. The third kappa shape index (κ3) is 4.77. The van der Waals surface area contributed by atoms with Crippen LogP contribution < -0.4 is 10.6 Å². The lowest BCUT2D eigenvalue weighted by molar-refractivity contribution is -0.128. The number of nitrogens with zero attached hydrogens (tertiary/aromatic N) is 1. The molecule has 1 heterocycles. The molecule has 0 saturated carbocycles. The van der Waals surface area contributed by atoms with E-state index in [1.54, 1.807) is 0 Å². The van der Waals surface area contributed by atoms with Gasteiger partial charge in [0.15, 0.2) is 0 Å². The summed E-state index contributed by atoms with van der Waals surface area (Å²) in [5.74, 6) is 0.791. The summed E-state index contributed by atoms with van der Waals surface area (Å²) in [4.78, 5) is 14.7. The maximum Gasteiger partial charge on any atom is 0.240 e. The van der Waals surface area contributed by atoms with Crippen LogP contribution in [0.2, 0.25) is 0 Å². The van der Waals surface area contributed by atoms with Crippen LogP contribution in [0.15, 0.2) is 0 Å². The minimum Gasteiger partial charge on any atom is -0.350 e. The normalized spacial score (nSPS) is 25.0. The fourth-order valence-electron chi connectivity index (χ4n) is 2.97. The quantitative estimate of drug-likeness (QED) is 0.738. The molecule has 4 heteroatoms. The Morgan fingerprint density at radius 3 is 2.53 bits per heavy atom. The summed E-state index contributed by atoms with van der Waals surface area (Å²) in [5, 5.41) is 6.68. The number of rotatable bonds is 7. The van der Waals surface area contributed by atoms with Crippen molar-refractivity contribution in [2.24, 2.45) is 5.92 Å². The summed E-state index contributed by atoms with van der Waals surface area (Å²) >= 11 is 0. The van der Waals surface area contributed by atoms with Crippen LogP contribution in [-0.2, 0) is 4.79 Å². The zero-order chi connectivity index (χ0) is 14.5. The first-order valence-electron chi connectivity index (χ1n) is 7.60. The second kappa shape index (κ2) is 7.25. The van der Waals surface area contributed by atoms with E-state index >= 15 is 0 Å². The molecule has 2 atom stereocenters. The van der Waals surface area contributed by atoms with Crippen LogP contribution in [0.3, 0.4) is 0 Å². The summed E-state index contributed by atoms with van der Waals surface area (Å²) in [6.45, 7) is 8.38. The SMILES string of the molecule is CCC1(C(=O)NC(CC(C)C)CN(C)C)CCCN1. The van der Waals surface area contributed by atoms with Gasteiger partial charge >= 0.3 is 0 Å². The molecule has 0 spiro atoms. The van der Waals surface area contributed by atoms with Gasteiger partial charge in [-0.2, -0.15) is 0 Å². The molecular formula is C15H31N3O. The van der Waals surface area contributed by atoms with E-state index in [4.69, 9.17) is 0 Å². The van der Waals surface area contributed by atoms with Gasteiger partial charge in [0.2, 0.25) is 5.91 Å². The van der Waals surface area contributed by atoms with Gasteiger partial charge in [-0.15, -0.1) is 0 Å². The van der Waals surface area contributed by atoms with Crippen molar-refractivity contribution in [1.29, 1.82) is 0 Å². The number of hydrogen-bond acceptors (Lipinski definition) is 3. The Bertz CT molecular complexity index is 273. The van der Waals surface area contributed by atoms with Crippen LogP contribution in [0.1, 0.15) is 46.5 Å². The van der Waals surface area contributed by atoms with Gasteiger partial charge in [-0.3, -0.25) is 4.79 Å². The monoisotopic (exact) mass is 269 g/mol. The summed E-state index contributed by atoms with van der Waals surface area (Å²) in [7, 11) is 4.12. The van der Waals surface area contributed by atoms with Gasteiger partial charge in [0.1, 0.15) is 0 Å². The Morgan fingerprint density at radius 2 is 2.11 bits per heavy atom. The van der Waals surface area contributed by atoms with Crippen LogP contribution in [0.5, 0.6) is 0 Å². The number of carbonyl (C=O) groups is 1. The molecule has 0 aromatic rings. The minimum absolute atomic E-state index is 0.194. The predicted molar refractivity (Wildman–Crippen MR) is 80.2 cm³/mol. The van der Waals surface area contributed by atoms with Gasteiger partial charge < -0.3 is 15.5 Å². The molecule has 0 aromatic heterocycles. The Morgan fingerprint density at radius 1 is 1.42 bits per heavy atom. The molecule has 1 aliphatic heterocycles. The first kappa shape index (κ1) is 16.4. The molecule has 0 aliphatic carbocycles. The molecule has 2 unspecified atom stereocenters. The van der Waals surface area contributed by atoms with Gasteiger partial charge in [0.25, 0.3) is 0 Å². The van der Waals surface area contributed by atoms with E-state index in [1.165, 1.54) is 0 Å². The van der Waals surface area contributed by atoms with Crippen molar-refractivity contribution in [2.45, 2.75) is 58.0 Å². The molecule has 0 aromatic carbocycles. The Balaban J connectivity index is 2.63. The van der Waals surface area contributed by atoms with E-state index < -0.39 is 0 Å². The Hall–Kier alpha value is -0.610. The summed E-state index contributed by atoms with van der Waals surface area (Å²) in [5.41, 5.74) is -0.318. The van der Waals surface area contributed by atoms with E-state index in [9.17, 15) is 4.79 Å². The molecule has 1 saturated heterocycles. The second-order valence-corrected chi connectivity index (χ2v) is 6.53. The number of likely N-dealkylation sites (N-methyl/N-ethyl adjacent to an activating group) is 1. The van der Waals surface area contributed by atoms with Crippen molar-refractivity contribution in [3.63, 3.8) is 0 Å². The van der Waals surface area contributed by atoms with E-state index in [0.717, 1.165) is 38.8 Å². The summed E-state index contributed by atoms with van der Waals surface area (Å²) in [6, 6.07) is 0.244. The molecule has 1 rings (SSSR count). The highest BCUT2D eigenvalue weighted by atomic mass is 16.2. The Labute approximate surface area is 118 Å². The second-order valence-electron chi connectivity index (χ2n) is 6.53. The minimum atomic E-state index is -0.318. The van der Waals surface area contributed by atoms with E-state index in [-0.39, 0.29) is 17.5 Å². The molecule has 1 amide bonds. The number of carbonyl (C=O) groups excluding carboxylic acids is 1. The molecule has 112 valence electrons. The lowest BCUT2D eigenvalue weighted by Crippen LogP contribution is -2.56.